The molecule has 0 aromatic heterocycles. The van der Waals surface area contributed by atoms with Crippen LogP contribution in [0, 0.1) is 5.92 Å². The lowest BCUT2D eigenvalue weighted by molar-refractivity contribution is -0.143. The number of aliphatic imine (C=N–C) groups is 3. The standard InChI is InChI=1S/C34H32F6N4O/c1-21-13-15-45-25(18-27(21)26-12-11-24(33(35,36)37)17-28(26)34(38,39)40)16-22-6-4-9-29-30(20-41-19-22)43-32(42-29)44-14-5-8-23-7-2-3-10-31(23)44/h2-3,7,9-12,17-18,20,22H,4-6,8,13-16,19H2,1H3. The number of anilines is 1. The van der Waals surface area contributed by atoms with E-state index in [9.17, 15) is 26.3 Å². The van der Waals surface area contributed by atoms with Crippen LogP contribution in [0.1, 0.15) is 61.3 Å². The van der Waals surface area contributed by atoms with E-state index < -0.39 is 23.5 Å². The molecule has 0 aliphatic carbocycles. The summed E-state index contributed by atoms with van der Waals surface area (Å²) >= 11 is 0. The Balaban J connectivity index is 1.21. The summed E-state index contributed by atoms with van der Waals surface area (Å²) in [6, 6.07) is 10.1. The van der Waals surface area contributed by atoms with Crippen LogP contribution in [0.3, 0.4) is 0 Å². The number of allylic oxidation sites excluding steroid dienone is 5. The van der Waals surface area contributed by atoms with Gasteiger partial charge in [-0.25, -0.2) is 9.98 Å². The van der Waals surface area contributed by atoms with Crippen LogP contribution in [0.15, 0.2) is 86.6 Å². The third kappa shape index (κ3) is 6.77. The van der Waals surface area contributed by atoms with Crippen LogP contribution in [0.25, 0.3) is 5.57 Å². The highest BCUT2D eigenvalue weighted by Gasteiger charge is 2.39. The van der Waals surface area contributed by atoms with Crippen LogP contribution in [-0.2, 0) is 23.5 Å². The van der Waals surface area contributed by atoms with Gasteiger partial charge < -0.3 is 9.64 Å². The Morgan fingerprint density at radius 1 is 0.978 bits per heavy atom. The zero-order valence-corrected chi connectivity index (χ0v) is 24.7. The molecule has 2 aromatic carbocycles. The zero-order valence-electron chi connectivity index (χ0n) is 24.7. The van der Waals surface area contributed by atoms with Crippen LogP contribution in [0.5, 0.6) is 0 Å². The number of hydrogen-bond acceptors (Lipinski definition) is 5. The van der Waals surface area contributed by atoms with Gasteiger partial charge in [0, 0.05) is 37.8 Å². The molecule has 0 saturated heterocycles. The summed E-state index contributed by atoms with van der Waals surface area (Å²) < 4.78 is 87.8. The van der Waals surface area contributed by atoms with E-state index in [1.807, 2.05) is 18.2 Å². The quantitative estimate of drug-likeness (QED) is 0.320. The SMILES string of the molecule is CC1=C(c2ccc(C(F)(F)F)cc2C(F)(F)F)C=C(CC2CCC=C3N=C(N4CCCc5ccccc54)N=C3C=NC2)OCC1. The van der Waals surface area contributed by atoms with Gasteiger partial charge in [-0.15, -0.1) is 0 Å². The van der Waals surface area contributed by atoms with Gasteiger partial charge in [0.2, 0.25) is 5.96 Å². The Bertz CT molecular complexity index is 1660. The number of benzene rings is 2. The molecule has 11 heteroatoms. The fraction of sp³-hybridized carbons (Fsp3) is 0.382. The fourth-order valence-electron chi connectivity index (χ4n) is 6.16. The molecule has 2 aromatic rings. The molecule has 1 unspecified atom stereocenters. The smallest absolute Gasteiger partial charge is 0.417 e. The molecular weight excluding hydrogens is 594 g/mol. The van der Waals surface area contributed by atoms with E-state index in [4.69, 9.17) is 14.7 Å². The van der Waals surface area contributed by atoms with Crippen molar-refractivity contribution in [2.45, 2.75) is 57.8 Å². The minimum absolute atomic E-state index is 0.0237. The highest BCUT2D eigenvalue weighted by Crippen LogP contribution is 2.42. The summed E-state index contributed by atoms with van der Waals surface area (Å²) in [5, 5.41) is 0. The molecule has 0 fully saturated rings. The van der Waals surface area contributed by atoms with Crippen molar-refractivity contribution in [3.63, 3.8) is 0 Å². The van der Waals surface area contributed by atoms with Crippen LogP contribution < -0.4 is 4.90 Å². The molecule has 0 bridgehead atoms. The molecule has 6 rings (SSSR count). The van der Waals surface area contributed by atoms with Gasteiger partial charge in [0.1, 0.15) is 5.71 Å². The molecule has 236 valence electrons. The van der Waals surface area contributed by atoms with E-state index in [2.05, 4.69) is 22.0 Å². The molecule has 1 atom stereocenters. The predicted octanol–water partition coefficient (Wildman–Crippen LogP) is 8.82. The first-order chi connectivity index (χ1) is 21.5. The molecule has 0 N–H and O–H groups in total. The first-order valence-electron chi connectivity index (χ1n) is 15.0. The zero-order chi connectivity index (χ0) is 31.8. The topological polar surface area (TPSA) is 49.5 Å². The monoisotopic (exact) mass is 626 g/mol. The summed E-state index contributed by atoms with van der Waals surface area (Å²) in [6.45, 7) is 3.23. The predicted molar refractivity (Wildman–Crippen MR) is 163 cm³/mol. The highest BCUT2D eigenvalue weighted by molar-refractivity contribution is 6.42. The van der Waals surface area contributed by atoms with Crippen molar-refractivity contribution in [1.82, 2.24) is 0 Å². The Morgan fingerprint density at radius 3 is 2.60 bits per heavy atom. The number of halogens is 6. The van der Waals surface area contributed by atoms with Gasteiger partial charge >= 0.3 is 12.4 Å². The Labute approximate surface area is 257 Å². The minimum atomic E-state index is -4.97. The average molecular weight is 627 g/mol. The number of alkyl halides is 6. The second-order valence-corrected chi connectivity index (χ2v) is 11.7. The van der Waals surface area contributed by atoms with Crippen molar-refractivity contribution in [2.24, 2.45) is 20.9 Å². The Hall–Kier alpha value is -4.15. The maximum atomic E-state index is 14.0. The van der Waals surface area contributed by atoms with Gasteiger partial charge in [-0.05, 0) is 79.5 Å². The average Bonchev–Trinajstić information content (AvgIpc) is 3.33. The normalized spacial score (nSPS) is 20.9. The summed E-state index contributed by atoms with van der Waals surface area (Å²) in [5.74, 6) is 1.17. The minimum Gasteiger partial charge on any atom is -0.498 e. The van der Waals surface area contributed by atoms with Gasteiger partial charge in [0.15, 0.2) is 0 Å². The summed E-state index contributed by atoms with van der Waals surface area (Å²) in [4.78, 5) is 16.4. The molecule has 45 heavy (non-hydrogen) atoms. The lowest BCUT2D eigenvalue weighted by Gasteiger charge is -2.29. The number of rotatable bonds is 3. The number of guanidine groups is 1. The number of hydrogen-bond donors (Lipinski definition) is 0. The molecular formula is C34H32F6N4O. The maximum absolute atomic E-state index is 14.0. The highest BCUT2D eigenvalue weighted by atomic mass is 19.4. The van der Waals surface area contributed by atoms with Gasteiger partial charge in [-0.3, -0.25) is 4.99 Å². The maximum Gasteiger partial charge on any atom is 0.417 e. The van der Waals surface area contributed by atoms with E-state index in [1.165, 1.54) is 5.56 Å². The van der Waals surface area contributed by atoms with E-state index in [-0.39, 0.29) is 29.7 Å². The molecule has 4 heterocycles. The lowest BCUT2D eigenvalue weighted by Crippen LogP contribution is -2.33. The van der Waals surface area contributed by atoms with Crippen molar-refractivity contribution in [3.8, 4) is 0 Å². The van der Waals surface area contributed by atoms with Crippen LogP contribution in [0.4, 0.5) is 32.0 Å². The lowest BCUT2D eigenvalue weighted by atomic mass is 9.91. The van der Waals surface area contributed by atoms with Crippen molar-refractivity contribution < 1.29 is 31.1 Å². The van der Waals surface area contributed by atoms with Crippen LogP contribution >= 0.6 is 0 Å². The number of nitrogens with zero attached hydrogens (tertiary/aromatic N) is 4. The molecule has 0 saturated carbocycles. The van der Waals surface area contributed by atoms with Gasteiger partial charge in [-0.1, -0.05) is 35.9 Å². The van der Waals surface area contributed by atoms with Crippen LogP contribution in [0.2, 0.25) is 0 Å². The number of fused-ring (bicyclic) bond motifs is 2. The number of aryl methyl sites for hydroxylation is 1. The first-order valence-corrected chi connectivity index (χ1v) is 15.0. The third-order valence-corrected chi connectivity index (χ3v) is 8.51. The number of para-hydroxylation sites is 1. The van der Waals surface area contributed by atoms with Crippen molar-refractivity contribution in [1.29, 1.82) is 0 Å². The number of ether oxygens (including phenoxy) is 1. The van der Waals surface area contributed by atoms with Gasteiger partial charge in [0.25, 0.3) is 0 Å². The Kier molecular flexibility index (Phi) is 8.45. The Morgan fingerprint density at radius 2 is 1.80 bits per heavy atom. The van der Waals surface area contributed by atoms with Crippen molar-refractivity contribution >= 4 is 29.1 Å². The van der Waals surface area contributed by atoms with Gasteiger partial charge in [0.05, 0.1) is 29.2 Å². The van der Waals surface area contributed by atoms with Crippen molar-refractivity contribution in [3.05, 3.63) is 93.9 Å². The first kappa shape index (κ1) is 30.9. The molecule has 4 aliphatic heterocycles. The summed E-state index contributed by atoms with van der Waals surface area (Å²) in [7, 11) is 0. The van der Waals surface area contributed by atoms with E-state index in [1.54, 1.807) is 19.2 Å². The largest absolute Gasteiger partial charge is 0.498 e. The molecule has 5 nitrogen and oxygen atoms in total. The second-order valence-electron chi connectivity index (χ2n) is 11.7. The van der Waals surface area contributed by atoms with Gasteiger partial charge in [-0.2, -0.15) is 26.3 Å². The van der Waals surface area contributed by atoms with Crippen LogP contribution in [-0.4, -0.2) is 37.6 Å². The second kappa shape index (κ2) is 12.3. The summed E-state index contributed by atoms with van der Waals surface area (Å²) in [5.41, 5.74) is 1.77. The van der Waals surface area contributed by atoms with Crippen molar-refractivity contribution in [2.75, 3.05) is 24.6 Å². The molecule has 0 spiro atoms. The molecule has 0 radical (unpaired) electrons. The molecule has 4 aliphatic rings. The third-order valence-electron chi connectivity index (χ3n) is 8.51. The van der Waals surface area contributed by atoms with E-state index in [0.29, 0.717) is 54.9 Å². The molecule has 0 amide bonds. The fourth-order valence-corrected chi connectivity index (χ4v) is 6.16. The summed E-state index contributed by atoms with van der Waals surface area (Å²) in [6.07, 6.45) is -0.291. The van der Waals surface area contributed by atoms with E-state index in [0.717, 1.165) is 43.3 Å². The van der Waals surface area contributed by atoms with E-state index >= 15 is 0 Å².